The van der Waals surface area contributed by atoms with Gasteiger partial charge in [0.1, 0.15) is 10.7 Å². The van der Waals surface area contributed by atoms with Gasteiger partial charge in [0.05, 0.1) is 17.3 Å². The zero-order chi connectivity index (χ0) is 26.2. The summed E-state index contributed by atoms with van der Waals surface area (Å²) in [5.74, 6) is -1.54. The molecule has 0 saturated carbocycles. The zero-order valence-electron chi connectivity index (χ0n) is 19.7. The molecular weight excluding hydrogens is 503 g/mol. The van der Waals surface area contributed by atoms with Crippen LogP contribution in [0.25, 0.3) is 0 Å². The largest absolute Gasteiger partial charge is 0.416 e. The maximum absolute atomic E-state index is 13.3. The van der Waals surface area contributed by atoms with Crippen LogP contribution in [0, 0.1) is 0 Å². The molecule has 1 saturated heterocycles. The Hall–Kier alpha value is -3.62. The second-order valence-corrected chi connectivity index (χ2v) is 9.28. The molecule has 190 valence electrons. The summed E-state index contributed by atoms with van der Waals surface area (Å²) in [5, 5.41) is -0.279. The highest BCUT2D eigenvalue weighted by Gasteiger charge is 2.43. The van der Waals surface area contributed by atoms with E-state index in [4.69, 9.17) is 11.6 Å². The lowest BCUT2D eigenvalue weighted by molar-refractivity contribution is -0.137. The Labute approximate surface area is 217 Å². The normalized spacial score (nSPS) is 17.3. The topological polar surface area (TPSA) is 43.9 Å². The highest BCUT2D eigenvalue weighted by atomic mass is 35.5. The molecule has 0 aromatic heterocycles. The first-order valence-electron chi connectivity index (χ1n) is 11.8. The van der Waals surface area contributed by atoms with E-state index >= 15 is 0 Å². The summed E-state index contributed by atoms with van der Waals surface area (Å²) in [5.41, 5.74) is 1.20. The lowest BCUT2D eigenvalue weighted by Gasteiger charge is -2.40. The number of anilines is 1. The van der Waals surface area contributed by atoms with Crippen molar-refractivity contribution in [2.75, 3.05) is 31.1 Å². The summed E-state index contributed by atoms with van der Waals surface area (Å²) in [4.78, 5) is 30.9. The van der Waals surface area contributed by atoms with Crippen LogP contribution in [0.1, 0.15) is 22.7 Å². The van der Waals surface area contributed by atoms with Crippen molar-refractivity contribution in [1.82, 2.24) is 9.80 Å². The highest BCUT2D eigenvalue weighted by molar-refractivity contribution is 6.52. The molecule has 2 aliphatic rings. The van der Waals surface area contributed by atoms with Crippen LogP contribution in [-0.4, -0.2) is 47.8 Å². The van der Waals surface area contributed by atoms with E-state index < -0.39 is 23.6 Å². The predicted molar refractivity (Wildman–Crippen MR) is 135 cm³/mol. The maximum atomic E-state index is 13.3. The van der Waals surface area contributed by atoms with Gasteiger partial charge in [0.15, 0.2) is 0 Å². The number of amides is 2. The van der Waals surface area contributed by atoms with Gasteiger partial charge in [0.25, 0.3) is 11.8 Å². The smallest absolute Gasteiger partial charge is 0.363 e. The van der Waals surface area contributed by atoms with E-state index in [0.29, 0.717) is 26.2 Å². The Morgan fingerprint density at radius 2 is 1.30 bits per heavy atom. The number of benzene rings is 3. The fourth-order valence-corrected chi connectivity index (χ4v) is 5.19. The van der Waals surface area contributed by atoms with Crippen molar-refractivity contribution in [2.24, 2.45) is 0 Å². The SMILES string of the molecule is O=C1C(Cl)=C(N2CCN(C(c3ccccc3)c3ccccc3)CC2)C(=O)N1c1cccc(C(F)(F)F)c1. The lowest BCUT2D eigenvalue weighted by atomic mass is 9.96. The highest BCUT2D eigenvalue weighted by Crippen LogP contribution is 2.36. The lowest BCUT2D eigenvalue weighted by Crippen LogP contribution is -2.48. The Morgan fingerprint density at radius 3 is 1.84 bits per heavy atom. The van der Waals surface area contributed by atoms with E-state index in [1.54, 1.807) is 4.90 Å². The number of carbonyl (C=O) groups excluding carboxylic acids is 2. The molecule has 9 heteroatoms. The molecule has 2 heterocycles. The molecule has 37 heavy (non-hydrogen) atoms. The van der Waals surface area contributed by atoms with Crippen molar-refractivity contribution in [2.45, 2.75) is 12.2 Å². The number of carbonyl (C=O) groups is 2. The van der Waals surface area contributed by atoms with Crippen molar-refractivity contribution < 1.29 is 22.8 Å². The summed E-state index contributed by atoms with van der Waals surface area (Å²) in [6, 6.07) is 24.4. The van der Waals surface area contributed by atoms with Crippen LogP contribution in [0.2, 0.25) is 0 Å². The third kappa shape index (κ3) is 4.86. The van der Waals surface area contributed by atoms with Crippen molar-refractivity contribution >= 4 is 29.1 Å². The van der Waals surface area contributed by atoms with Crippen molar-refractivity contribution in [1.29, 1.82) is 0 Å². The predicted octanol–water partition coefficient (Wildman–Crippen LogP) is 5.44. The van der Waals surface area contributed by atoms with Crippen LogP contribution < -0.4 is 4.90 Å². The van der Waals surface area contributed by atoms with E-state index in [1.807, 2.05) is 36.4 Å². The summed E-state index contributed by atoms with van der Waals surface area (Å²) in [6.45, 7) is 2.04. The van der Waals surface area contributed by atoms with Crippen LogP contribution in [0.4, 0.5) is 18.9 Å². The molecule has 2 aliphatic heterocycles. The Morgan fingerprint density at radius 1 is 0.730 bits per heavy atom. The molecule has 5 rings (SSSR count). The Bertz CT molecular complexity index is 1300. The van der Waals surface area contributed by atoms with Crippen LogP contribution >= 0.6 is 11.6 Å². The van der Waals surface area contributed by atoms with E-state index in [9.17, 15) is 22.8 Å². The van der Waals surface area contributed by atoms with Gasteiger partial charge < -0.3 is 4.90 Å². The second-order valence-electron chi connectivity index (χ2n) is 8.90. The Kier molecular flexibility index (Phi) is 6.79. The summed E-state index contributed by atoms with van der Waals surface area (Å²) in [7, 11) is 0. The molecule has 2 amide bonds. The van der Waals surface area contributed by atoms with Crippen LogP contribution in [-0.2, 0) is 15.8 Å². The number of piperazine rings is 1. The third-order valence-corrected chi connectivity index (χ3v) is 7.00. The molecule has 0 atom stereocenters. The summed E-state index contributed by atoms with van der Waals surface area (Å²) in [6.07, 6.45) is -4.60. The first-order valence-corrected chi connectivity index (χ1v) is 12.2. The zero-order valence-corrected chi connectivity index (χ0v) is 20.4. The molecule has 0 spiro atoms. The van der Waals surface area contributed by atoms with Gasteiger partial charge in [-0.15, -0.1) is 0 Å². The summed E-state index contributed by atoms with van der Waals surface area (Å²) < 4.78 is 39.6. The Balaban J connectivity index is 1.36. The molecule has 0 radical (unpaired) electrons. The molecule has 0 N–H and O–H groups in total. The molecule has 3 aromatic rings. The minimum atomic E-state index is -4.60. The first-order chi connectivity index (χ1) is 17.8. The number of alkyl halides is 3. The number of rotatable bonds is 5. The van der Waals surface area contributed by atoms with Crippen molar-refractivity contribution in [3.63, 3.8) is 0 Å². The standard InChI is InChI=1S/C28H23ClF3N3O2/c29-23-25(27(37)35(26(23)36)22-13-7-12-21(18-22)28(30,31)32)34-16-14-33(15-17-34)24(19-8-3-1-4-9-19)20-10-5-2-6-11-20/h1-13,18,24H,14-17H2. The number of nitrogens with zero attached hydrogens (tertiary/aromatic N) is 3. The van der Waals surface area contributed by atoms with Crippen LogP contribution in [0.5, 0.6) is 0 Å². The van der Waals surface area contributed by atoms with Gasteiger partial charge in [0, 0.05) is 26.2 Å². The quantitative estimate of drug-likeness (QED) is 0.416. The van der Waals surface area contributed by atoms with Gasteiger partial charge in [-0.25, -0.2) is 4.90 Å². The van der Waals surface area contributed by atoms with E-state index in [0.717, 1.165) is 34.2 Å². The molecular formula is C28H23ClF3N3O2. The number of hydrogen-bond donors (Lipinski definition) is 0. The van der Waals surface area contributed by atoms with Gasteiger partial charge in [0.2, 0.25) is 0 Å². The molecule has 0 aliphatic carbocycles. The number of hydrogen-bond acceptors (Lipinski definition) is 4. The molecule has 0 bridgehead atoms. The number of halogens is 4. The van der Waals surface area contributed by atoms with Gasteiger partial charge >= 0.3 is 6.18 Å². The minimum Gasteiger partial charge on any atom is -0.363 e. The van der Waals surface area contributed by atoms with E-state index in [-0.39, 0.29) is 22.5 Å². The second kappa shape index (κ2) is 10.0. The summed E-state index contributed by atoms with van der Waals surface area (Å²) >= 11 is 6.31. The van der Waals surface area contributed by atoms with Gasteiger partial charge in [-0.3, -0.25) is 14.5 Å². The fraction of sp³-hybridized carbons (Fsp3) is 0.214. The van der Waals surface area contributed by atoms with Crippen LogP contribution in [0.15, 0.2) is 95.7 Å². The van der Waals surface area contributed by atoms with Gasteiger partial charge in [-0.1, -0.05) is 78.3 Å². The third-order valence-electron chi connectivity index (χ3n) is 6.66. The molecule has 0 unspecified atom stereocenters. The molecule has 5 nitrogen and oxygen atoms in total. The minimum absolute atomic E-state index is 0.0107. The average molecular weight is 526 g/mol. The van der Waals surface area contributed by atoms with Gasteiger partial charge in [-0.2, -0.15) is 13.2 Å². The monoisotopic (exact) mass is 525 g/mol. The maximum Gasteiger partial charge on any atom is 0.416 e. The van der Waals surface area contributed by atoms with Crippen molar-refractivity contribution in [3.8, 4) is 0 Å². The van der Waals surface area contributed by atoms with Gasteiger partial charge in [-0.05, 0) is 29.3 Å². The molecule has 1 fully saturated rings. The van der Waals surface area contributed by atoms with Crippen molar-refractivity contribution in [3.05, 3.63) is 112 Å². The average Bonchev–Trinajstić information content (AvgIpc) is 3.13. The van der Waals surface area contributed by atoms with Crippen LogP contribution in [0.3, 0.4) is 0 Å². The van der Waals surface area contributed by atoms with E-state index in [2.05, 4.69) is 29.2 Å². The fourth-order valence-electron chi connectivity index (χ4n) is 4.91. The van der Waals surface area contributed by atoms with E-state index in [1.165, 1.54) is 6.07 Å². The first kappa shape index (κ1) is 25.0. The number of imide groups is 1. The molecule has 3 aromatic carbocycles.